The highest BCUT2D eigenvalue weighted by molar-refractivity contribution is 7.89. The summed E-state index contributed by atoms with van der Waals surface area (Å²) in [5, 5.41) is 0.0810. The van der Waals surface area contributed by atoms with E-state index in [1.807, 2.05) is 6.92 Å². The van der Waals surface area contributed by atoms with Gasteiger partial charge in [0.25, 0.3) is 10.0 Å². The Morgan fingerprint density at radius 2 is 2.26 bits per heavy atom. The van der Waals surface area contributed by atoms with Crippen LogP contribution in [0.1, 0.15) is 38.9 Å². The fraction of sp³-hybridized carbons (Fsp3) is 0.667. The van der Waals surface area contributed by atoms with Gasteiger partial charge < -0.3 is 4.98 Å². The van der Waals surface area contributed by atoms with Crippen LogP contribution < -0.4 is 0 Å². The topological polar surface area (TPSA) is 83.1 Å². The average molecular weight is 285 g/mol. The molecule has 0 spiro atoms. The van der Waals surface area contributed by atoms with Crippen LogP contribution in [0.2, 0.25) is 0 Å². The van der Waals surface area contributed by atoms with Gasteiger partial charge in [-0.3, -0.25) is 4.79 Å². The van der Waals surface area contributed by atoms with Gasteiger partial charge in [0, 0.05) is 13.0 Å². The number of rotatable bonds is 4. The lowest BCUT2D eigenvalue weighted by atomic mass is 10.0. The Morgan fingerprint density at radius 3 is 2.84 bits per heavy atom. The number of aromatic nitrogens is 2. The normalized spacial score (nSPS) is 21.5. The molecule has 0 saturated carbocycles. The lowest BCUT2D eigenvalue weighted by molar-refractivity contribution is -0.121. The van der Waals surface area contributed by atoms with Crippen molar-refractivity contribution >= 4 is 15.8 Å². The number of carbonyl (C=O) groups excluding carboxylic acids is 1. The van der Waals surface area contributed by atoms with Crippen molar-refractivity contribution in [1.29, 1.82) is 0 Å². The number of H-pyrrole nitrogens is 1. The molecular formula is C12H19N3O3S. The van der Waals surface area contributed by atoms with Crippen molar-refractivity contribution in [1.82, 2.24) is 14.3 Å². The molecule has 0 bridgehead atoms. The summed E-state index contributed by atoms with van der Waals surface area (Å²) in [6.45, 7) is 3.74. The molecule has 1 saturated heterocycles. The zero-order valence-electron chi connectivity index (χ0n) is 11.2. The predicted molar refractivity (Wildman–Crippen MR) is 70.2 cm³/mol. The molecule has 1 aromatic rings. The van der Waals surface area contributed by atoms with E-state index in [0.29, 0.717) is 25.2 Å². The third-order valence-electron chi connectivity index (χ3n) is 3.45. The first-order valence-corrected chi connectivity index (χ1v) is 7.97. The molecule has 1 aliphatic heterocycles. The van der Waals surface area contributed by atoms with Crippen LogP contribution in [0.25, 0.3) is 0 Å². The number of nitrogens with one attached hydrogen (secondary N) is 1. The molecule has 0 amide bonds. The highest BCUT2D eigenvalue weighted by atomic mass is 32.2. The van der Waals surface area contributed by atoms with Gasteiger partial charge in [0.2, 0.25) is 0 Å². The maximum atomic E-state index is 12.5. The Labute approximate surface area is 113 Å². The Hall–Kier alpha value is -1.21. The van der Waals surface area contributed by atoms with Crippen molar-refractivity contribution in [2.75, 3.05) is 6.54 Å². The van der Waals surface area contributed by atoms with E-state index >= 15 is 0 Å². The van der Waals surface area contributed by atoms with E-state index in [0.717, 1.165) is 12.8 Å². The molecule has 7 heteroatoms. The minimum atomic E-state index is -3.65. The van der Waals surface area contributed by atoms with Crippen molar-refractivity contribution < 1.29 is 13.2 Å². The van der Waals surface area contributed by atoms with Crippen LogP contribution in [0.3, 0.4) is 0 Å². The van der Waals surface area contributed by atoms with Crippen LogP contribution in [0.15, 0.2) is 11.2 Å². The van der Waals surface area contributed by atoms with Crippen molar-refractivity contribution in [2.45, 2.75) is 50.6 Å². The van der Waals surface area contributed by atoms with E-state index in [9.17, 15) is 13.2 Å². The zero-order chi connectivity index (χ0) is 14.0. The summed E-state index contributed by atoms with van der Waals surface area (Å²) in [6.07, 6.45) is 4.26. The summed E-state index contributed by atoms with van der Waals surface area (Å²) in [6, 6.07) is -0.535. The molecule has 1 fully saturated rings. The van der Waals surface area contributed by atoms with Gasteiger partial charge in [0.15, 0.2) is 5.03 Å². The van der Waals surface area contributed by atoms with Gasteiger partial charge in [-0.15, -0.1) is 0 Å². The molecule has 2 rings (SSSR count). The van der Waals surface area contributed by atoms with Crippen LogP contribution in [0.4, 0.5) is 0 Å². The molecule has 1 N–H and O–H groups in total. The number of hydrogen-bond donors (Lipinski definition) is 1. The van der Waals surface area contributed by atoms with Crippen LogP contribution in [0.5, 0.6) is 0 Å². The summed E-state index contributed by atoms with van der Waals surface area (Å²) in [7, 11) is -3.65. The zero-order valence-corrected chi connectivity index (χ0v) is 12.0. The quantitative estimate of drug-likeness (QED) is 0.898. The van der Waals surface area contributed by atoms with E-state index < -0.39 is 16.1 Å². The number of sulfonamides is 1. The molecule has 1 aliphatic rings. The van der Waals surface area contributed by atoms with E-state index in [-0.39, 0.29) is 10.8 Å². The SMILES string of the molecule is CCc1ncc(S(=O)(=O)N2CCCCC2C(C)=O)[nH]1. The number of hydrogen-bond acceptors (Lipinski definition) is 4. The third kappa shape index (κ3) is 2.71. The summed E-state index contributed by atoms with van der Waals surface area (Å²) in [5.74, 6) is 0.536. The number of carbonyl (C=O) groups is 1. The van der Waals surface area contributed by atoms with Gasteiger partial charge >= 0.3 is 0 Å². The summed E-state index contributed by atoms with van der Waals surface area (Å²) >= 11 is 0. The second-order valence-corrected chi connectivity index (χ2v) is 6.64. The maximum absolute atomic E-state index is 12.5. The predicted octanol–water partition coefficient (Wildman–Crippen LogP) is 1.10. The standard InChI is InChI=1S/C12H19N3O3S/c1-3-11-13-8-12(14-11)19(17,18)15-7-5-4-6-10(15)9(2)16/h8,10H,3-7H2,1-2H3,(H,13,14). The Bertz CT molecular complexity index is 565. The van der Waals surface area contributed by atoms with Crippen LogP contribution in [0, 0.1) is 0 Å². The molecule has 19 heavy (non-hydrogen) atoms. The lowest BCUT2D eigenvalue weighted by Crippen LogP contribution is -2.47. The molecule has 0 radical (unpaired) electrons. The molecule has 1 aromatic heterocycles. The molecule has 6 nitrogen and oxygen atoms in total. The molecule has 106 valence electrons. The molecule has 0 aromatic carbocycles. The highest BCUT2D eigenvalue weighted by Crippen LogP contribution is 2.25. The molecule has 2 heterocycles. The summed E-state index contributed by atoms with van der Waals surface area (Å²) in [4.78, 5) is 18.4. The van der Waals surface area contributed by atoms with Gasteiger partial charge in [0.1, 0.15) is 11.6 Å². The second kappa shape index (κ2) is 5.42. The highest BCUT2D eigenvalue weighted by Gasteiger charge is 2.36. The molecular weight excluding hydrogens is 266 g/mol. The van der Waals surface area contributed by atoms with Crippen molar-refractivity contribution in [2.24, 2.45) is 0 Å². The van der Waals surface area contributed by atoms with E-state index in [1.54, 1.807) is 0 Å². The van der Waals surface area contributed by atoms with Crippen LogP contribution in [-0.2, 0) is 21.2 Å². The number of imidazole rings is 1. The lowest BCUT2D eigenvalue weighted by Gasteiger charge is -2.32. The summed E-state index contributed by atoms with van der Waals surface area (Å²) < 4.78 is 26.4. The van der Waals surface area contributed by atoms with Gasteiger partial charge in [-0.25, -0.2) is 13.4 Å². The minimum Gasteiger partial charge on any atom is -0.332 e. The largest absolute Gasteiger partial charge is 0.332 e. The Morgan fingerprint density at radius 1 is 1.53 bits per heavy atom. The van der Waals surface area contributed by atoms with Crippen molar-refractivity contribution in [3.8, 4) is 0 Å². The average Bonchev–Trinajstić information content (AvgIpc) is 2.88. The van der Waals surface area contributed by atoms with Crippen molar-refractivity contribution in [3.63, 3.8) is 0 Å². The third-order valence-corrected chi connectivity index (χ3v) is 5.27. The van der Waals surface area contributed by atoms with Gasteiger partial charge in [0.05, 0.1) is 12.2 Å². The minimum absolute atomic E-state index is 0.0810. The fourth-order valence-corrected chi connectivity index (χ4v) is 4.02. The van der Waals surface area contributed by atoms with Gasteiger partial charge in [-0.2, -0.15) is 4.31 Å². The first-order chi connectivity index (χ1) is 8.96. The number of nitrogens with zero attached hydrogens (tertiary/aromatic N) is 2. The fourth-order valence-electron chi connectivity index (χ4n) is 2.38. The van der Waals surface area contributed by atoms with Crippen LogP contribution in [-0.4, -0.2) is 41.1 Å². The number of Topliss-reactive ketones (excluding diaryl/α,β-unsaturated/α-hetero) is 1. The van der Waals surface area contributed by atoms with Crippen LogP contribution >= 0.6 is 0 Å². The Balaban J connectivity index is 2.34. The van der Waals surface area contributed by atoms with E-state index in [1.165, 1.54) is 17.4 Å². The molecule has 0 aliphatic carbocycles. The summed E-state index contributed by atoms with van der Waals surface area (Å²) in [5.41, 5.74) is 0. The molecule has 1 unspecified atom stereocenters. The second-order valence-electron chi connectivity index (χ2n) is 4.79. The van der Waals surface area contributed by atoms with E-state index in [2.05, 4.69) is 9.97 Å². The monoisotopic (exact) mass is 285 g/mol. The van der Waals surface area contributed by atoms with Gasteiger partial charge in [-0.1, -0.05) is 13.3 Å². The maximum Gasteiger partial charge on any atom is 0.260 e. The first-order valence-electron chi connectivity index (χ1n) is 6.53. The van der Waals surface area contributed by atoms with Crippen molar-refractivity contribution in [3.05, 3.63) is 12.0 Å². The number of aromatic amines is 1. The van der Waals surface area contributed by atoms with Gasteiger partial charge in [-0.05, 0) is 19.8 Å². The number of ketones is 1. The number of piperidine rings is 1. The smallest absolute Gasteiger partial charge is 0.260 e. The Kier molecular flexibility index (Phi) is 4.05. The first kappa shape index (κ1) is 14.2. The van der Waals surface area contributed by atoms with E-state index in [4.69, 9.17) is 0 Å². The number of aryl methyl sites for hydroxylation is 1. The molecule has 1 atom stereocenters.